The first-order valence-corrected chi connectivity index (χ1v) is 4.16. The molecule has 0 saturated heterocycles. The van der Waals surface area contributed by atoms with Crippen LogP contribution < -0.4 is 11.1 Å². The predicted octanol–water partition coefficient (Wildman–Crippen LogP) is 0.173. The highest BCUT2D eigenvalue weighted by molar-refractivity contribution is 6.12. The van der Waals surface area contributed by atoms with Crippen LogP contribution in [-0.2, 0) is 9.59 Å². The van der Waals surface area contributed by atoms with Crippen molar-refractivity contribution >= 4 is 17.5 Å². The van der Waals surface area contributed by atoms with Gasteiger partial charge in [-0.3, -0.25) is 14.9 Å². The van der Waals surface area contributed by atoms with Crippen LogP contribution in [0.4, 0.5) is 5.69 Å². The highest BCUT2D eigenvalue weighted by Crippen LogP contribution is 2.16. The Bertz CT molecular complexity index is 376. The number of nitrogen functional groups attached to an aromatic ring is 1. The number of benzene rings is 1. The number of amides is 2. The van der Waals surface area contributed by atoms with Crippen LogP contribution in [0.3, 0.4) is 0 Å². The molecule has 2 rings (SSSR count). The number of phenolic OH excluding ortho intramolecular Hbond substituents is 1. The van der Waals surface area contributed by atoms with Gasteiger partial charge in [-0.1, -0.05) is 12.1 Å². The molecule has 0 saturated carbocycles. The summed E-state index contributed by atoms with van der Waals surface area (Å²) in [4.78, 5) is 20.1. The van der Waals surface area contributed by atoms with E-state index in [2.05, 4.69) is 0 Å². The molecule has 0 aliphatic carbocycles. The summed E-state index contributed by atoms with van der Waals surface area (Å²) in [6.45, 7) is 0. The van der Waals surface area contributed by atoms with Crippen LogP contribution in [0.2, 0.25) is 0 Å². The van der Waals surface area contributed by atoms with Crippen molar-refractivity contribution in [1.82, 2.24) is 5.32 Å². The van der Waals surface area contributed by atoms with E-state index in [-0.39, 0.29) is 17.6 Å². The van der Waals surface area contributed by atoms with E-state index in [1.807, 2.05) is 5.32 Å². The van der Waals surface area contributed by atoms with Crippen molar-refractivity contribution in [2.24, 2.45) is 0 Å². The molecule has 0 spiro atoms. The van der Waals surface area contributed by atoms with Crippen LogP contribution in [0, 0.1) is 0 Å². The standard InChI is InChI=1S/C6H7NO.C4H3NO2/c7-5-3-1-2-4-6(5)8;6-3-1-2-4(7)5-3/h1-4,8H,7H2;1-2H,(H,5,6,7). The number of nitrogens with one attached hydrogen (secondary N) is 1. The summed E-state index contributed by atoms with van der Waals surface area (Å²) in [5.41, 5.74) is 5.69. The molecule has 5 heteroatoms. The Hall–Kier alpha value is -2.30. The first-order chi connectivity index (χ1) is 7.09. The molecule has 78 valence electrons. The molecule has 4 N–H and O–H groups in total. The van der Waals surface area contributed by atoms with E-state index in [4.69, 9.17) is 10.8 Å². The van der Waals surface area contributed by atoms with Gasteiger partial charge in [-0.05, 0) is 12.1 Å². The Kier molecular flexibility index (Phi) is 3.45. The van der Waals surface area contributed by atoms with E-state index in [0.29, 0.717) is 5.69 Å². The minimum absolute atomic E-state index is 0.146. The molecule has 0 aromatic heterocycles. The molecule has 15 heavy (non-hydrogen) atoms. The lowest BCUT2D eigenvalue weighted by Crippen LogP contribution is -2.19. The van der Waals surface area contributed by atoms with Crippen molar-refractivity contribution < 1.29 is 14.7 Å². The van der Waals surface area contributed by atoms with Gasteiger partial charge >= 0.3 is 0 Å². The zero-order valence-electron chi connectivity index (χ0n) is 7.81. The Morgan fingerprint density at radius 2 is 1.60 bits per heavy atom. The number of hydrogen-bond donors (Lipinski definition) is 3. The molecular formula is C10H10N2O3. The molecule has 0 atom stereocenters. The zero-order chi connectivity index (χ0) is 11.3. The SMILES string of the molecule is Nc1ccccc1O.O=C1C=CC(=O)N1. The molecule has 1 aromatic rings. The van der Waals surface area contributed by atoms with Crippen molar-refractivity contribution in [1.29, 1.82) is 0 Å². The topological polar surface area (TPSA) is 92.4 Å². The van der Waals surface area contributed by atoms with Crippen LogP contribution >= 0.6 is 0 Å². The number of carbonyl (C=O) groups is 2. The Morgan fingerprint density at radius 3 is 1.87 bits per heavy atom. The van der Waals surface area contributed by atoms with Crippen molar-refractivity contribution in [2.45, 2.75) is 0 Å². The minimum atomic E-state index is -0.329. The first-order valence-electron chi connectivity index (χ1n) is 4.16. The normalized spacial score (nSPS) is 13.1. The fraction of sp³-hybridized carbons (Fsp3) is 0. The molecule has 1 heterocycles. The summed E-state index contributed by atoms with van der Waals surface area (Å²) < 4.78 is 0. The molecule has 0 radical (unpaired) electrons. The first kappa shape index (κ1) is 10.8. The van der Waals surface area contributed by atoms with Crippen LogP contribution in [0.5, 0.6) is 5.75 Å². The van der Waals surface area contributed by atoms with Gasteiger partial charge in [0, 0.05) is 12.2 Å². The lowest BCUT2D eigenvalue weighted by Gasteiger charge is -1.92. The van der Waals surface area contributed by atoms with Crippen LogP contribution in [-0.4, -0.2) is 16.9 Å². The summed E-state index contributed by atoms with van der Waals surface area (Å²) in [6.07, 6.45) is 2.39. The Balaban J connectivity index is 0.000000151. The Labute approximate surface area is 86.2 Å². The second kappa shape index (κ2) is 4.80. The third-order valence-electron chi connectivity index (χ3n) is 1.57. The molecule has 0 unspecified atom stereocenters. The highest BCUT2D eigenvalue weighted by Gasteiger charge is 2.06. The summed E-state index contributed by atoms with van der Waals surface area (Å²) in [7, 11) is 0. The van der Waals surface area contributed by atoms with Gasteiger partial charge in [0.15, 0.2) is 0 Å². The molecule has 1 aliphatic rings. The molecule has 5 nitrogen and oxygen atoms in total. The highest BCUT2D eigenvalue weighted by atomic mass is 16.3. The van der Waals surface area contributed by atoms with Gasteiger partial charge in [0.1, 0.15) is 5.75 Å². The zero-order valence-corrected chi connectivity index (χ0v) is 7.81. The van der Waals surface area contributed by atoms with Gasteiger partial charge < -0.3 is 10.8 Å². The van der Waals surface area contributed by atoms with Crippen LogP contribution in [0.1, 0.15) is 0 Å². The maximum absolute atomic E-state index is 10.0. The quantitative estimate of drug-likeness (QED) is 0.320. The summed E-state index contributed by atoms with van der Waals surface area (Å²) in [6, 6.07) is 6.70. The van der Waals surface area contributed by atoms with Crippen molar-refractivity contribution in [2.75, 3.05) is 5.73 Å². The van der Waals surface area contributed by atoms with Gasteiger partial charge in [0.05, 0.1) is 5.69 Å². The molecule has 2 amide bonds. The van der Waals surface area contributed by atoms with E-state index < -0.39 is 0 Å². The maximum Gasteiger partial charge on any atom is 0.250 e. The third kappa shape index (κ3) is 3.51. The number of phenols is 1. The molecular weight excluding hydrogens is 196 g/mol. The second-order valence-electron chi connectivity index (χ2n) is 2.75. The van der Waals surface area contributed by atoms with Crippen LogP contribution in [0.25, 0.3) is 0 Å². The van der Waals surface area contributed by atoms with E-state index in [0.717, 1.165) is 0 Å². The fourth-order valence-corrected chi connectivity index (χ4v) is 0.844. The average molecular weight is 206 g/mol. The number of hydrogen-bond acceptors (Lipinski definition) is 4. The van der Waals surface area contributed by atoms with Gasteiger partial charge in [-0.15, -0.1) is 0 Å². The minimum Gasteiger partial charge on any atom is -0.506 e. The largest absolute Gasteiger partial charge is 0.506 e. The third-order valence-corrected chi connectivity index (χ3v) is 1.57. The van der Waals surface area contributed by atoms with Gasteiger partial charge in [-0.2, -0.15) is 0 Å². The Morgan fingerprint density at radius 1 is 1.07 bits per heavy atom. The molecule has 0 fully saturated rings. The number of aromatic hydroxyl groups is 1. The van der Waals surface area contributed by atoms with Crippen molar-refractivity contribution in [3.05, 3.63) is 36.4 Å². The number of para-hydroxylation sites is 2. The van der Waals surface area contributed by atoms with Gasteiger partial charge in [0.2, 0.25) is 0 Å². The molecule has 1 aromatic carbocycles. The number of carbonyl (C=O) groups excluding carboxylic acids is 2. The summed E-state index contributed by atoms with van der Waals surface area (Å²) in [5.74, 6) is -0.512. The number of nitrogens with two attached hydrogens (primary N) is 1. The monoisotopic (exact) mass is 206 g/mol. The molecule has 1 aliphatic heterocycles. The maximum atomic E-state index is 10.0. The van der Waals surface area contributed by atoms with Crippen molar-refractivity contribution in [3.8, 4) is 5.75 Å². The van der Waals surface area contributed by atoms with Crippen molar-refractivity contribution in [3.63, 3.8) is 0 Å². The van der Waals surface area contributed by atoms with E-state index in [1.165, 1.54) is 12.2 Å². The molecule has 0 bridgehead atoms. The van der Waals surface area contributed by atoms with Crippen LogP contribution in [0.15, 0.2) is 36.4 Å². The van der Waals surface area contributed by atoms with E-state index in [1.54, 1.807) is 24.3 Å². The lowest BCUT2D eigenvalue weighted by atomic mass is 10.3. The van der Waals surface area contributed by atoms with Gasteiger partial charge in [-0.25, -0.2) is 0 Å². The number of anilines is 1. The van der Waals surface area contributed by atoms with Gasteiger partial charge in [0.25, 0.3) is 11.8 Å². The summed E-state index contributed by atoms with van der Waals surface area (Å²) in [5, 5.41) is 10.8. The second-order valence-corrected chi connectivity index (χ2v) is 2.75. The predicted molar refractivity (Wildman–Crippen MR) is 54.8 cm³/mol. The summed E-state index contributed by atoms with van der Waals surface area (Å²) >= 11 is 0. The fourth-order valence-electron chi connectivity index (χ4n) is 0.844. The average Bonchev–Trinajstić information content (AvgIpc) is 2.56. The van der Waals surface area contributed by atoms with E-state index >= 15 is 0 Å². The smallest absolute Gasteiger partial charge is 0.250 e. The number of rotatable bonds is 0. The van der Waals surface area contributed by atoms with E-state index in [9.17, 15) is 9.59 Å². The lowest BCUT2D eigenvalue weighted by molar-refractivity contribution is -0.123. The number of imide groups is 1.